The van der Waals surface area contributed by atoms with E-state index in [-0.39, 0.29) is 11.7 Å². The molecule has 1 aromatic carbocycles. The van der Waals surface area contributed by atoms with Crippen molar-refractivity contribution in [3.8, 4) is 0 Å². The lowest BCUT2D eigenvalue weighted by molar-refractivity contribution is -0.115. The monoisotopic (exact) mass is 376 g/mol. The second-order valence-corrected chi connectivity index (χ2v) is 7.91. The van der Waals surface area contributed by atoms with Crippen LogP contribution in [0.2, 0.25) is 0 Å². The number of carbonyl (C=O) groups excluding carboxylic acids is 2. The minimum absolute atomic E-state index is 0.0382. The van der Waals surface area contributed by atoms with Gasteiger partial charge in [-0.05, 0) is 37.1 Å². The molecular weight excluding hydrogens is 356 g/mol. The summed E-state index contributed by atoms with van der Waals surface area (Å²) in [5.41, 5.74) is 1.33. The number of anilines is 2. The van der Waals surface area contributed by atoms with Crippen molar-refractivity contribution in [3.05, 3.63) is 29.8 Å². The molecule has 1 N–H and O–H groups in total. The number of hydrogen-bond acceptors (Lipinski definition) is 7. The summed E-state index contributed by atoms with van der Waals surface area (Å²) in [6, 6.07) is 6.98. The predicted molar refractivity (Wildman–Crippen MR) is 102 cm³/mol. The van der Waals surface area contributed by atoms with Gasteiger partial charge < -0.3 is 10.2 Å². The molecule has 1 aliphatic rings. The van der Waals surface area contributed by atoms with Crippen LogP contribution in [0.4, 0.5) is 10.8 Å². The fourth-order valence-corrected chi connectivity index (χ4v) is 4.28. The lowest BCUT2D eigenvalue weighted by Gasteiger charge is -2.10. The molecule has 25 heavy (non-hydrogen) atoms. The van der Waals surface area contributed by atoms with Crippen molar-refractivity contribution in [1.82, 2.24) is 10.2 Å². The van der Waals surface area contributed by atoms with E-state index in [1.165, 1.54) is 24.6 Å². The van der Waals surface area contributed by atoms with E-state index < -0.39 is 0 Å². The number of nitrogens with zero attached hydrogens (tertiary/aromatic N) is 3. The SMILES string of the molecule is CCC(=O)Nc1ccc(C(=O)CSc2nnc(N3CCCC3)s2)cc1. The Kier molecular flexibility index (Phi) is 6.04. The van der Waals surface area contributed by atoms with Gasteiger partial charge in [0.1, 0.15) is 0 Å². The smallest absolute Gasteiger partial charge is 0.224 e. The van der Waals surface area contributed by atoms with E-state index in [9.17, 15) is 9.59 Å². The number of carbonyl (C=O) groups is 2. The highest BCUT2D eigenvalue weighted by atomic mass is 32.2. The number of ketones is 1. The average molecular weight is 377 g/mol. The zero-order chi connectivity index (χ0) is 17.6. The first kappa shape index (κ1) is 17.9. The summed E-state index contributed by atoms with van der Waals surface area (Å²) in [4.78, 5) is 25.9. The maximum atomic E-state index is 12.3. The number of rotatable bonds is 7. The number of thioether (sulfide) groups is 1. The first-order chi connectivity index (χ1) is 12.2. The highest BCUT2D eigenvalue weighted by Crippen LogP contribution is 2.30. The molecule has 0 bridgehead atoms. The third-order valence-corrected chi connectivity index (χ3v) is 6.03. The Hall–Kier alpha value is -1.93. The van der Waals surface area contributed by atoms with Crippen LogP contribution in [0.15, 0.2) is 28.6 Å². The molecule has 0 unspecified atom stereocenters. The minimum atomic E-state index is -0.0419. The Bertz CT molecular complexity index is 739. The Morgan fingerprint density at radius 2 is 1.92 bits per heavy atom. The van der Waals surface area contributed by atoms with E-state index in [2.05, 4.69) is 20.4 Å². The summed E-state index contributed by atoms with van der Waals surface area (Å²) < 4.78 is 0.821. The first-order valence-corrected chi connectivity index (χ1v) is 10.1. The van der Waals surface area contributed by atoms with Gasteiger partial charge in [0.15, 0.2) is 10.1 Å². The van der Waals surface area contributed by atoms with Gasteiger partial charge in [0, 0.05) is 30.8 Å². The zero-order valence-electron chi connectivity index (χ0n) is 14.0. The van der Waals surface area contributed by atoms with Gasteiger partial charge in [-0.15, -0.1) is 10.2 Å². The molecule has 1 saturated heterocycles. The van der Waals surface area contributed by atoms with Gasteiger partial charge >= 0.3 is 0 Å². The molecular formula is C17H20N4O2S2. The van der Waals surface area contributed by atoms with Crippen molar-refractivity contribution in [2.24, 2.45) is 0 Å². The van der Waals surface area contributed by atoms with Crippen LogP contribution in [-0.4, -0.2) is 40.7 Å². The summed E-state index contributed by atoms with van der Waals surface area (Å²) in [6.45, 7) is 3.88. The fraction of sp³-hybridized carbons (Fsp3) is 0.412. The summed E-state index contributed by atoms with van der Waals surface area (Å²) in [7, 11) is 0. The van der Waals surface area contributed by atoms with E-state index in [1.807, 2.05) is 0 Å². The number of Topliss-reactive ketones (excluding diaryl/α,β-unsaturated/α-hetero) is 1. The minimum Gasteiger partial charge on any atom is -0.347 e. The van der Waals surface area contributed by atoms with E-state index in [4.69, 9.17) is 0 Å². The summed E-state index contributed by atoms with van der Waals surface area (Å²) in [5.74, 6) is 0.325. The van der Waals surface area contributed by atoms with E-state index in [0.717, 1.165) is 22.6 Å². The Labute approximate surface area is 155 Å². The van der Waals surface area contributed by atoms with Crippen LogP contribution in [0.3, 0.4) is 0 Å². The maximum Gasteiger partial charge on any atom is 0.224 e. The van der Waals surface area contributed by atoms with Gasteiger partial charge in [0.05, 0.1) is 5.75 Å². The van der Waals surface area contributed by atoms with Crippen LogP contribution in [0.1, 0.15) is 36.5 Å². The Morgan fingerprint density at radius 3 is 2.60 bits per heavy atom. The number of nitrogens with one attached hydrogen (secondary N) is 1. The topological polar surface area (TPSA) is 75.2 Å². The van der Waals surface area contributed by atoms with Crippen molar-refractivity contribution < 1.29 is 9.59 Å². The second kappa shape index (κ2) is 8.44. The molecule has 2 aromatic rings. The maximum absolute atomic E-state index is 12.3. The number of benzene rings is 1. The Balaban J connectivity index is 1.52. The number of hydrogen-bond donors (Lipinski definition) is 1. The van der Waals surface area contributed by atoms with Gasteiger partial charge in [-0.2, -0.15) is 0 Å². The van der Waals surface area contributed by atoms with Gasteiger partial charge in [0.2, 0.25) is 11.0 Å². The average Bonchev–Trinajstić information content (AvgIpc) is 3.31. The van der Waals surface area contributed by atoms with Crippen LogP contribution in [0.5, 0.6) is 0 Å². The van der Waals surface area contributed by atoms with Gasteiger partial charge in [0.25, 0.3) is 0 Å². The molecule has 0 atom stereocenters. The van der Waals surface area contributed by atoms with Gasteiger partial charge in [-0.1, -0.05) is 30.0 Å². The molecule has 1 aromatic heterocycles. The molecule has 8 heteroatoms. The molecule has 1 amide bonds. The third-order valence-electron chi connectivity index (χ3n) is 3.91. The largest absolute Gasteiger partial charge is 0.347 e. The molecule has 132 valence electrons. The van der Waals surface area contributed by atoms with Crippen molar-refractivity contribution >= 4 is 45.6 Å². The Morgan fingerprint density at radius 1 is 1.20 bits per heavy atom. The summed E-state index contributed by atoms with van der Waals surface area (Å²) in [5, 5.41) is 12.1. The van der Waals surface area contributed by atoms with Crippen molar-refractivity contribution in [2.75, 3.05) is 29.1 Å². The normalized spacial score (nSPS) is 13.9. The van der Waals surface area contributed by atoms with Crippen molar-refractivity contribution in [1.29, 1.82) is 0 Å². The molecule has 1 fully saturated rings. The van der Waals surface area contributed by atoms with Gasteiger partial charge in [-0.25, -0.2) is 0 Å². The highest BCUT2D eigenvalue weighted by Gasteiger charge is 2.17. The van der Waals surface area contributed by atoms with Crippen LogP contribution in [0.25, 0.3) is 0 Å². The predicted octanol–water partition coefficient (Wildman–Crippen LogP) is 3.46. The fourth-order valence-electron chi connectivity index (χ4n) is 2.50. The van der Waals surface area contributed by atoms with Crippen LogP contribution in [0, 0.1) is 0 Å². The van der Waals surface area contributed by atoms with E-state index in [0.29, 0.717) is 23.4 Å². The standard InChI is InChI=1S/C17H20N4O2S2/c1-2-15(23)18-13-7-5-12(6-8-13)14(22)11-24-17-20-19-16(25-17)21-9-3-4-10-21/h5-8H,2-4,9-11H2,1H3,(H,18,23). The third kappa shape index (κ3) is 4.79. The number of amides is 1. The van der Waals surface area contributed by atoms with Crippen LogP contribution in [-0.2, 0) is 4.79 Å². The molecule has 0 radical (unpaired) electrons. The molecule has 0 aliphatic carbocycles. The summed E-state index contributed by atoms with van der Waals surface area (Å²) >= 11 is 2.97. The highest BCUT2D eigenvalue weighted by molar-refractivity contribution is 8.01. The lowest BCUT2D eigenvalue weighted by Crippen LogP contribution is -2.17. The lowest BCUT2D eigenvalue weighted by atomic mass is 10.1. The molecule has 1 aliphatic heterocycles. The quantitative estimate of drug-likeness (QED) is 0.589. The first-order valence-electron chi connectivity index (χ1n) is 8.30. The number of aromatic nitrogens is 2. The van der Waals surface area contributed by atoms with Gasteiger partial charge in [-0.3, -0.25) is 9.59 Å². The van der Waals surface area contributed by atoms with Crippen LogP contribution < -0.4 is 10.2 Å². The summed E-state index contributed by atoms with van der Waals surface area (Å²) in [6.07, 6.45) is 2.84. The molecule has 0 saturated carbocycles. The van der Waals surface area contributed by atoms with Crippen LogP contribution >= 0.6 is 23.1 Å². The second-order valence-electron chi connectivity index (χ2n) is 5.74. The van der Waals surface area contributed by atoms with Crippen molar-refractivity contribution in [2.45, 2.75) is 30.5 Å². The zero-order valence-corrected chi connectivity index (χ0v) is 15.7. The van der Waals surface area contributed by atoms with E-state index in [1.54, 1.807) is 42.5 Å². The molecule has 6 nitrogen and oxygen atoms in total. The molecule has 0 spiro atoms. The van der Waals surface area contributed by atoms with Crippen molar-refractivity contribution in [3.63, 3.8) is 0 Å². The van der Waals surface area contributed by atoms with E-state index >= 15 is 0 Å². The molecule has 2 heterocycles. The molecule has 3 rings (SSSR count).